The van der Waals surface area contributed by atoms with Gasteiger partial charge < -0.3 is 20.1 Å². The van der Waals surface area contributed by atoms with Gasteiger partial charge in [-0.15, -0.1) is 0 Å². The number of hydrogen-bond donors (Lipinski definition) is 3. The highest BCUT2D eigenvalue weighted by Crippen LogP contribution is 2.26. The maximum atomic E-state index is 11.2. The molecule has 0 amide bonds. The third-order valence-electron chi connectivity index (χ3n) is 1.98. The zero-order chi connectivity index (χ0) is 13.0. The van der Waals surface area contributed by atoms with E-state index in [9.17, 15) is 20.1 Å². The van der Waals surface area contributed by atoms with Crippen molar-refractivity contribution in [2.24, 2.45) is 0 Å². The van der Waals surface area contributed by atoms with E-state index in [0.29, 0.717) is 0 Å². The number of aromatic nitrogens is 1. The molecule has 17 heavy (non-hydrogen) atoms. The van der Waals surface area contributed by atoms with Gasteiger partial charge in [0.25, 0.3) is 0 Å². The number of carbonyl (C=O) groups is 1. The molecule has 0 fully saturated rings. The van der Waals surface area contributed by atoms with Crippen molar-refractivity contribution in [3.8, 4) is 5.75 Å². The average molecular weight is 262 g/mol. The van der Waals surface area contributed by atoms with E-state index < -0.39 is 18.2 Å². The van der Waals surface area contributed by atoms with Gasteiger partial charge in [-0.3, -0.25) is 0 Å². The molecular weight excluding hydrogens is 250 g/mol. The Bertz CT molecular complexity index is 412. The van der Waals surface area contributed by atoms with Gasteiger partial charge >= 0.3 is 5.97 Å². The number of aliphatic hydroxyl groups is 2. The van der Waals surface area contributed by atoms with Gasteiger partial charge in [0.15, 0.2) is 6.10 Å². The minimum absolute atomic E-state index is 0.0212. The van der Waals surface area contributed by atoms with Gasteiger partial charge in [0.1, 0.15) is 22.7 Å². The highest BCUT2D eigenvalue weighted by atomic mass is 35.5. The molecule has 0 aliphatic rings. The maximum absolute atomic E-state index is 11.2. The summed E-state index contributed by atoms with van der Waals surface area (Å²) in [6, 6.07) is 2.51. The Hall–Kier alpha value is -1.37. The molecule has 1 heterocycles. The van der Waals surface area contributed by atoms with Crippen LogP contribution in [0, 0.1) is 0 Å². The summed E-state index contributed by atoms with van der Waals surface area (Å²) in [6.45, 7) is 1.63. The van der Waals surface area contributed by atoms with Gasteiger partial charge in [0, 0.05) is 0 Å². The smallest absolute Gasteiger partial charge is 0.338 e. The fourth-order valence-corrected chi connectivity index (χ4v) is 1.32. The van der Waals surface area contributed by atoms with E-state index in [-0.39, 0.29) is 23.2 Å². The van der Waals surface area contributed by atoms with Crippen LogP contribution in [0.2, 0.25) is 5.15 Å². The van der Waals surface area contributed by atoms with Crippen molar-refractivity contribution < 1.29 is 24.9 Å². The number of ether oxygens (including phenoxy) is 1. The molecule has 3 N–H and O–H groups in total. The zero-order valence-corrected chi connectivity index (χ0v) is 9.76. The number of hydrogen-bond acceptors (Lipinski definition) is 6. The second kappa shape index (κ2) is 5.81. The van der Waals surface area contributed by atoms with Crippen molar-refractivity contribution in [2.45, 2.75) is 19.1 Å². The number of halogens is 1. The van der Waals surface area contributed by atoms with E-state index in [1.165, 1.54) is 12.1 Å². The van der Waals surface area contributed by atoms with Crippen molar-refractivity contribution in [1.82, 2.24) is 4.98 Å². The van der Waals surface area contributed by atoms with Crippen LogP contribution in [-0.4, -0.2) is 39.0 Å². The van der Waals surface area contributed by atoms with E-state index in [1.807, 2.05) is 0 Å². The molecular formula is C10H12ClNO5. The first-order valence-corrected chi connectivity index (χ1v) is 5.23. The van der Waals surface area contributed by atoms with E-state index in [0.717, 1.165) is 0 Å². The molecule has 1 rings (SSSR count). The van der Waals surface area contributed by atoms with Crippen LogP contribution in [-0.2, 0) is 9.53 Å². The zero-order valence-electron chi connectivity index (χ0n) is 9.00. The lowest BCUT2D eigenvalue weighted by molar-refractivity contribution is -0.159. The summed E-state index contributed by atoms with van der Waals surface area (Å²) in [4.78, 5) is 14.8. The van der Waals surface area contributed by atoms with Gasteiger partial charge in [0.05, 0.1) is 6.61 Å². The van der Waals surface area contributed by atoms with Crippen molar-refractivity contribution >= 4 is 17.6 Å². The molecule has 0 saturated carbocycles. The van der Waals surface area contributed by atoms with Gasteiger partial charge in [-0.25, -0.2) is 9.78 Å². The molecule has 1 aromatic heterocycles. The number of esters is 1. The predicted molar refractivity (Wildman–Crippen MR) is 58.5 cm³/mol. The Morgan fingerprint density at radius 1 is 1.53 bits per heavy atom. The maximum Gasteiger partial charge on any atom is 0.338 e. The van der Waals surface area contributed by atoms with E-state index in [2.05, 4.69) is 9.72 Å². The first-order chi connectivity index (χ1) is 7.97. The van der Waals surface area contributed by atoms with E-state index in [1.54, 1.807) is 6.92 Å². The van der Waals surface area contributed by atoms with Crippen molar-refractivity contribution in [1.29, 1.82) is 0 Å². The normalized spacial score (nSPS) is 14.1. The second-order valence-corrected chi connectivity index (χ2v) is 3.57. The van der Waals surface area contributed by atoms with E-state index >= 15 is 0 Å². The standard InChI is InChI=1S/C10H12ClNO5/c1-2-17-10(16)9(15)8(14)7-5(13)3-4-6(11)12-7/h3-4,8-9,13-15H,2H2,1H3. The fraction of sp³-hybridized carbons (Fsp3) is 0.400. The lowest BCUT2D eigenvalue weighted by Crippen LogP contribution is -2.30. The van der Waals surface area contributed by atoms with Crippen molar-refractivity contribution in [3.05, 3.63) is 23.0 Å². The number of rotatable bonds is 4. The van der Waals surface area contributed by atoms with Gasteiger partial charge in [0.2, 0.25) is 0 Å². The molecule has 6 nitrogen and oxygen atoms in total. The number of nitrogens with zero attached hydrogens (tertiary/aromatic N) is 1. The first-order valence-electron chi connectivity index (χ1n) is 4.85. The third-order valence-corrected chi connectivity index (χ3v) is 2.19. The molecule has 0 aromatic carbocycles. The minimum Gasteiger partial charge on any atom is -0.506 e. The topological polar surface area (TPSA) is 99.9 Å². The van der Waals surface area contributed by atoms with E-state index in [4.69, 9.17) is 11.6 Å². The molecule has 0 spiro atoms. The summed E-state index contributed by atoms with van der Waals surface area (Å²) in [7, 11) is 0. The van der Waals surface area contributed by atoms with Crippen LogP contribution in [0.5, 0.6) is 5.75 Å². The van der Waals surface area contributed by atoms with Gasteiger partial charge in [-0.2, -0.15) is 0 Å². The van der Waals surface area contributed by atoms with Crippen LogP contribution in [0.4, 0.5) is 0 Å². The lowest BCUT2D eigenvalue weighted by Gasteiger charge is -2.16. The molecule has 0 radical (unpaired) electrons. The quantitative estimate of drug-likeness (QED) is 0.536. The average Bonchev–Trinajstić information content (AvgIpc) is 2.30. The predicted octanol–water partition coefficient (Wildman–Crippen LogP) is 0.398. The van der Waals surface area contributed by atoms with Crippen LogP contribution < -0.4 is 0 Å². The minimum atomic E-state index is -1.83. The Morgan fingerprint density at radius 3 is 2.76 bits per heavy atom. The summed E-state index contributed by atoms with van der Waals surface area (Å²) in [5.74, 6) is -1.37. The molecule has 2 atom stereocenters. The highest BCUT2D eigenvalue weighted by molar-refractivity contribution is 6.29. The van der Waals surface area contributed by atoms with Crippen molar-refractivity contribution in [2.75, 3.05) is 6.61 Å². The summed E-state index contributed by atoms with van der Waals surface area (Å²) >= 11 is 5.58. The highest BCUT2D eigenvalue weighted by Gasteiger charge is 2.30. The molecule has 7 heteroatoms. The van der Waals surface area contributed by atoms with Crippen LogP contribution in [0.15, 0.2) is 12.1 Å². The van der Waals surface area contributed by atoms with Crippen LogP contribution in [0.25, 0.3) is 0 Å². The van der Waals surface area contributed by atoms with Gasteiger partial charge in [-0.1, -0.05) is 11.6 Å². The Kier molecular flexibility index (Phi) is 4.68. The summed E-state index contributed by atoms with van der Waals surface area (Å²) in [5, 5.41) is 28.6. The van der Waals surface area contributed by atoms with Crippen molar-refractivity contribution in [3.63, 3.8) is 0 Å². The Labute approximate surface area is 102 Å². The lowest BCUT2D eigenvalue weighted by atomic mass is 10.1. The largest absolute Gasteiger partial charge is 0.506 e. The molecule has 0 bridgehead atoms. The fourth-order valence-electron chi connectivity index (χ4n) is 1.17. The van der Waals surface area contributed by atoms with Crippen LogP contribution in [0.3, 0.4) is 0 Å². The first kappa shape index (κ1) is 13.7. The molecule has 2 unspecified atom stereocenters. The SMILES string of the molecule is CCOC(=O)C(O)C(O)c1nc(Cl)ccc1O. The summed E-state index contributed by atoms with van der Waals surface area (Å²) < 4.78 is 4.53. The van der Waals surface area contributed by atoms with Crippen LogP contribution >= 0.6 is 11.6 Å². The Balaban J connectivity index is 2.91. The molecule has 0 aliphatic heterocycles. The monoisotopic (exact) mass is 261 g/mol. The number of aromatic hydroxyl groups is 1. The number of aliphatic hydroxyl groups excluding tert-OH is 2. The molecule has 0 aliphatic carbocycles. The molecule has 94 valence electrons. The number of pyridine rings is 1. The van der Waals surface area contributed by atoms with Gasteiger partial charge in [-0.05, 0) is 19.1 Å². The Morgan fingerprint density at radius 2 is 2.18 bits per heavy atom. The summed E-state index contributed by atoms with van der Waals surface area (Å²) in [5.41, 5.74) is -0.280. The molecule has 1 aromatic rings. The van der Waals surface area contributed by atoms with Crippen LogP contribution in [0.1, 0.15) is 18.7 Å². The summed E-state index contributed by atoms with van der Waals surface area (Å²) in [6.07, 6.45) is -3.53. The number of carbonyl (C=O) groups excluding carboxylic acids is 1. The molecule has 0 saturated heterocycles. The third kappa shape index (κ3) is 3.29. The second-order valence-electron chi connectivity index (χ2n) is 3.18.